The van der Waals surface area contributed by atoms with Gasteiger partial charge in [0.1, 0.15) is 5.75 Å². The van der Waals surface area contributed by atoms with E-state index in [1.165, 1.54) is 0 Å². The smallest absolute Gasteiger partial charge is 0.258 e. The van der Waals surface area contributed by atoms with Crippen LogP contribution in [0.2, 0.25) is 5.02 Å². The first-order chi connectivity index (χ1) is 9.63. The lowest BCUT2D eigenvalue weighted by Crippen LogP contribution is -2.28. The van der Waals surface area contributed by atoms with Crippen molar-refractivity contribution in [2.75, 3.05) is 6.61 Å². The predicted molar refractivity (Wildman–Crippen MR) is 80.0 cm³/mol. The van der Waals surface area contributed by atoms with Crippen LogP contribution in [0.25, 0.3) is 0 Å². The Morgan fingerprint density at radius 2 is 2.00 bits per heavy atom. The Bertz CT molecular complexity index is 547. The molecule has 0 spiro atoms. The zero-order chi connectivity index (χ0) is 14.4. The Labute approximate surface area is 123 Å². The maximum absolute atomic E-state index is 11.7. The topological polar surface area (TPSA) is 38.3 Å². The van der Waals surface area contributed by atoms with Gasteiger partial charge in [-0.1, -0.05) is 35.9 Å². The van der Waals surface area contributed by atoms with Gasteiger partial charge in [0.2, 0.25) is 0 Å². The molecule has 0 aliphatic rings. The van der Waals surface area contributed by atoms with Crippen molar-refractivity contribution in [1.29, 1.82) is 0 Å². The van der Waals surface area contributed by atoms with Crippen molar-refractivity contribution in [2.24, 2.45) is 0 Å². The van der Waals surface area contributed by atoms with Gasteiger partial charge in [0.15, 0.2) is 6.61 Å². The van der Waals surface area contributed by atoms with Crippen LogP contribution >= 0.6 is 11.6 Å². The fourth-order valence-electron chi connectivity index (χ4n) is 1.75. The molecule has 4 heteroatoms. The lowest BCUT2D eigenvalue weighted by atomic mass is 10.2. The minimum Gasteiger partial charge on any atom is -0.484 e. The summed E-state index contributed by atoms with van der Waals surface area (Å²) >= 11 is 5.88. The van der Waals surface area contributed by atoms with E-state index >= 15 is 0 Å². The van der Waals surface area contributed by atoms with Crippen LogP contribution in [-0.2, 0) is 11.3 Å². The van der Waals surface area contributed by atoms with Crippen LogP contribution in [0.3, 0.4) is 0 Å². The number of nitrogens with one attached hydrogen (secondary N) is 1. The van der Waals surface area contributed by atoms with Gasteiger partial charge in [0.25, 0.3) is 5.91 Å². The number of rotatable bonds is 5. The van der Waals surface area contributed by atoms with Gasteiger partial charge in [-0.3, -0.25) is 4.79 Å². The molecule has 0 aromatic heterocycles. The standard InChI is InChI=1S/C16H16ClNO2/c1-12-4-2-7-15(8-12)20-11-16(19)18-10-13-5-3-6-14(17)9-13/h2-9H,10-11H2,1H3,(H,18,19). The predicted octanol–water partition coefficient (Wildman–Crippen LogP) is 3.34. The van der Waals surface area contributed by atoms with Crippen LogP contribution in [0.1, 0.15) is 11.1 Å². The van der Waals surface area contributed by atoms with E-state index in [0.717, 1.165) is 11.1 Å². The Hall–Kier alpha value is -2.00. The molecule has 2 aromatic rings. The number of hydrogen-bond donors (Lipinski definition) is 1. The first kappa shape index (κ1) is 14.4. The van der Waals surface area contributed by atoms with Crippen LogP contribution in [-0.4, -0.2) is 12.5 Å². The lowest BCUT2D eigenvalue weighted by Gasteiger charge is -2.08. The second-order valence-corrected chi connectivity index (χ2v) is 4.95. The normalized spacial score (nSPS) is 10.1. The third-order valence-electron chi connectivity index (χ3n) is 2.74. The number of ether oxygens (including phenoxy) is 1. The Balaban J connectivity index is 1.78. The number of benzene rings is 2. The van der Waals surface area contributed by atoms with Crippen LogP contribution in [0.15, 0.2) is 48.5 Å². The van der Waals surface area contributed by atoms with Crippen molar-refractivity contribution in [1.82, 2.24) is 5.32 Å². The van der Waals surface area contributed by atoms with Crippen molar-refractivity contribution in [3.05, 3.63) is 64.7 Å². The summed E-state index contributed by atoms with van der Waals surface area (Å²) in [5, 5.41) is 3.45. The van der Waals surface area contributed by atoms with Crippen LogP contribution < -0.4 is 10.1 Å². The van der Waals surface area contributed by atoms with Crippen molar-refractivity contribution in [2.45, 2.75) is 13.5 Å². The third kappa shape index (κ3) is 4.59. The molecule has 0 aliphatic carbocycles. The minimum absolute atomic E-state index is 0.00399. The second kappa shape index (κ2) is 6.96. The zero-order valence-electron chi connectivity index (χ0n) is 11.2. The van der Waals surface area contributed by atoms with Gasteiger partial charge in [-0.05, 0) is 42.3 Å². The minimum atomic E-state index is -0.161. The molecule has 0 fully saturated rings. The average molecular weight is 290 g/mol. The molecule has 0 saturated heterocycles. The molecular formula is C16H16ClNO2. The molecule has 20 heavy (non-hydrogen) atoms. The molecule has 0 atom stereocenters. The van der Waals surface area contributed by atoms with E-state index in [1.807, 2.05) is 49.4 Å². The largest absolute Gasteiger partial charge is 0.484 e. The van der Waals surface area contributed by atoms with Crippen LogP contribution in [0.5, 0.6) is 5.75 Å². The monoisotopic (exact) mass is 289 g/mol. The Kier molecular flexibility index (Phi) is 5.02. The fraction of sp³-hybridized carbons (Fsp3) is 0.188. The number of halogens is 1. The van der Waals surface area contributed by atoms with Crippen LogP contribution in [0.4, 0.5) is 0 Å². The molecule has 2 aromatic carbocycles. The third-order valence-corrected chi connectivity index (χ3v) is 2.97. The Morgan fingerprint density at radius 3 is 2.75 bits per heavy atom. The maximum atomic E-state index is 11.7. The van der Waals surface area contributed by atoms with E-state index < -0.39 is 0 Å². The SMILES string of the molecule is Cc1cccc(OCC(=O)NCc2cccc(Cl)c2)c1. The molecule has 0 heterocycles. The van der Waals surface area contributed by atoms with Gasteiger partial charge in [0, 0.05) is 11.6 Å². The number of carbonyl (C=O) groups excluding carboxylic acids is 1. The number of amides is 1. The molecule has 1 amide bonds. The maximum Gasteiger partial charge on any atom is 0.258 e. The summed E-state index contributed by atoms with van der Waals surface area (Å²) in [5.74, 6) is 0.536. The van der Waals surface area contributed by atoms with Gasteiger partial charge >= 0.3 is 0 Å². The number of carbonyl (C=O) groups is 1. The van der Waals surface area contributed by atoms with Gasteiger partial charge in [-0.2, -0.15) is 0 Å². The highest BCUT2D eigenvalue weighted by Gasteiger charge is 2.03. The quantitative estimate of drug-likeness (QED) is 0.917. The molecule has 104 valence electrons. The van der Waals surface area contributed by atoms with E-state index in [-0.39, 0.29) is 12.5 Å². The van der Waals surface area contributed by atoms with Crippen molar-refractivity contribution >= 4 is 17.5 Å². The summed E-state index contributed by atoms with van der Waals surface area (Å²) in [4.78, 5) is 11.7. The average Bonchev–Trinajstić information content (AvgIpc) is 2.43. The highest BCUT2D eigenvalue weighted by Crippen LogP contribution is 2.12. The first-order valence-electron chi connectivity index (χ1n) is 6.34. The van der Waals surface area contributed by atoms with E-state index in [9.17, 15) is 4.79 Å². The summed E-state index contributed by atoms with van der Waals surface area (Å²) < 4.78 is 5.42. The van der Waals surface area contributed by atoms with Crippen molar-refractivity contribution < 1.29 is 9.53 Å². The molecule has 0 aliphatic heterocycles. The number of aryl methyl sites for hydroxylation is 1. The Morgan fingerprint density at radius 1 is 1.20 bits per heavy atom. The fourth-order valence-corrected chi connectivity index (χ4v) is 1.97. The van der Waals surface area contributed by atoms with Gasteiger partial charge in [-0.15, -0.1) is 0 Å². The summed E-state index contributed by atoms with van der Waals surface area (Å²) in [5.41, 5.74) is 2.06. The van der Waals surface area contributed by atoms with Crippen molar-refractivity contribution in [3.8, 4) is 5.75 Å². The molecule has 0 bridgehead atoms. The zero-order valence-corrected chi connectivity index (χ0v) is 12.0. The van der Waals surface area contributed by atoms with E-state index in [0.29, 0.717) is 17.3 Å². The molecular weight excluding hydrogens is 274 g/mol. The number of hydrogen-bond acceptors (Lipinski definition) is 2. The van der Waals surface area contributed by atoms with E-state index in [1.54, 1.807) is 6.07 Å². The highest BCUT2D eigenvalue weighted by molar-refractivity contribution is 6.30. The summed E-state index contributed by atoms with van der Waals surface area (Å²) in [6.45, 7) is 2.42. The molecule has 0 radical (unpaired) electrons. The summed E-state index contributed by atoms with van der Waals surface area (Å²) in [6.07, 6.45) is 0. The summed E-state index contributed by atoms with van der Waals surface area (Å²) in [6, 6.07) is 15.0. The first-order valence-corrected chi connectivity index (χ1v) is 6.72. The molecule has 2 rings (SSSR count). The highest BCUT2D eigenvalue weighted by atomic mass is 35.5. The van der Waals surface area contributed by atoms with E-state index in [2.05, 4.69) is 5.32 Å². The van der Waals surface area contributed by atoms with E-state index in [4.69, 9.17) is 16.3 Å². The van der Waals surface area contributed by atoms with Crippen LogP contribution in [0, 0.1) is 6.92 Å². The van der Waals surface area contributed by atoms with Gasteiger partial charge in [0.05, 0.1) is 0 Å². The molecule has 0 saturated carbocycles. The summed E-state index contributed by atoms with van der Waals surface area (Å²) in [7, 11) is 0. The van der Waals surface area contributed by atoms with Gasteiger partial charge < -0.3 is 10.1 Å². The second-order valence-electron chi connectivity index (χ2n) is 4.51. The molecule has 1 N–H and O–H groups in total. The van der Waals surface area contributed by atoms with Crippen molar-refractivity contribution in [3.63, 3.8) is 0 Å². The molecule has 3 nitrogen and oxygen atoms in total. The lowest BCUT2D eigenvalue weighted by molar-refractivity contribution is -0.123. The molecule has 0 unspecified atom stereocenters. The van der Waals surface area contributed by atoms with Gasteiger partial charge in [-0.25, -0.2) is 0 Å².